The lowest BCUT2D eigenvalue weighted by molar-refractivity contribution is -0.138. The number of ether oxygens (including phenoxy) is 1. The van der Waals surface area contributed by atoms with E-state index in [0.717, 1.165) is 42.2 Å². The van der Waals surface area contributed by atoms with Crippen molar-refractivity contribution >= 4 is 17.5 Å². The number of fused-ring (bicyclic) bond motifs is 1. The minimum absolute atomic E-state index is 0.0144. The topological polar surface area (TPSA) is 55.6 Å². The molecule has 0 aliphatic carbocycles. The molecule has 1 aromatic heterocycles. The van der Waals surface area contributed by atoms with E-state index in [2.05, 4.69) is 5.16 Å². The Morgan fingerprint density at radius 1 is 1.38 bits per heavy atom. The van der Waals surface area contributed by atoms with Crippen molar-refractivity contribution in [3.63, 3.8) is 0 Å². The minimum Gasteiger partial charge on any atom is -0.492 e. The average molecular weight is 347 g/mol. The maximum Gasteiger partial charge on any atom is 0.230 e. The summed E-state index contributed by atoms with van der Waals surface area (Å²) in [5, 5.41) is 4.62. The summed E-state index contributed by atoms with van der Waals surface area (Å²) in [6.07, 6.45) is 2.55. The first-order valence-corrected chi connectivity index (χ1v) is 8.64. The predicted octanol–water partition coefficient (Wildman–Crippen LogP) is 3.55. The lowest BCUT2D eigenvalue weighted by Crippen LogP contribution is -2.40. The smallest absolute Gasteiger partial charge is 0.230 e. The molecule has 0 saturated carbocycles. The van der Waals surface area contributed by atoms with Crippen LogP contribution in [0.5, 0.6) is 5.75 Å². The highest BCUT2D eigenvalue weighted by atomic mass is 35.5. The van der Waals surface area contributed by atoms with Crippen LogP contribution >= 0.6 is 11.6 Å². The van der Waals surface area contributed by atoms with Gasteiger partial charge >= 0.3 is 0 Å². The predicted molar refractivity (Wildman–Crippen MR) is 89.1 cm³/mol. The molecule has 126 valence electrons. The third-order valence-electron chi connectivity index (χ3n) is 4.79. The van der Waals surface area contributed by atoms with Gasteiger partial charge in [-0.3, -0.25) is 4.79 Å². The van der Waals surface area contributed by atoms with Gasteiger partial charge in [0.25, 0.3) is 0 Å². The van der Waals surface area contributed by atoms with Crippen LogP contribution in [-0.4, -0.2) is 29.1 Å². The summed E-state index contributed by atoms with van der Waals surface area (Å²) < 4.78 is 11.2. The number of carbonyl (C=O) groups excluding carboxylic acids is 1. The Kier molecular flexibility index (Phi) is 3.96. The molecule has 1 amide bonds. The maximum atomic E-state index is 13.0. The Morgan fingerprint density at radius 2 is 2.25 bits per heavy atom. The molecular formula is C18H19ClN2O3. The van der Waals surface area contributed by atoms with Crippen LogP contribution in [0.25, 0.3) is 0 Å². The van der Waals surface area contributed by atoms with E-state index < -0.39 is 0 Å². The van der Waals surface area contributed by atoms with Gasteiger partial charge in [-0.1, -0.05) is 16.8 Å². The number of aryl methyl sites for hydroxylation is 1. The molecule has 2 atom stereocenters. The van der Waals surface area contributed by atoms with E-state index in [0.29, 0.717) is 18.1 Å². The van der Waals surface area contributed by atoms with Crippen molar-refractivity contribution in [2.24, 2.45) is 5.92 Å². The van der Waals surface area contributed by atoms with Crippen LogP contribution in [0.4, 0.5) is 0 Å². The molecule has 6 heteroatoms. The van der Waals surface area contributed by atoms with Crippen molar-refractivity contribution in [1.82, 2.24) is 10.1 Å². The van der Waals surface area contributed by atoms with Crippen LogP contribution in [0, 0.1) is 12.8 Å². The van der Waals surface area contributed by atoms with E-state index >= 15 is 0 Å². The second-order valence-electron chi connectivity index (χ2n) is 6.52. The van der Waals surface area contributed by atoms with Gasteiger partial charge in [-0.15, -0.1) is 0 Å². The summed E-state index contributed by atoms with van der Waals surface area (Å²) in [5.41, 5.74) is 1.84. The van der Waals surface area contributed by atoms with Crippen LogP contribution in [0.3, 0.4) is 0 Å². The quantitative estimate of drug-likeness (QED) is 0.834. The SMILES string of the molecule is Cc1cc([C@H]2CCCN2C(=O)[C@@H]2COc3ccc(Cl)cc3C2)on1. The molecule has 0 radical (unpaired) electrons. The lowest BCUT2D eigenvalue weighted by Gasteiger charge is -2.30. The zero-order chi connectivity index (χ0) is 16.7. The number of halogens is 1. The van der Waals surface area contributed by atoms with E-state index in [1.54, 1.807) is 0 Å². The monoisotopic (exact) mass is 346 g/mol. The molecule has 2 aromatic rings. The van der Waals surface area contributed by atoms with E-state index in [1.807, 2.05) is 36.1 Å². The van der Waals surface area contributed by atoms with Crippen LogP contribution in [0.2, 0.25) is 5.02 Å². The van der Waals surface area contributed by atoms with Gasteiger partial charge in [0.15, 0.2) is 5.76 Å². The van der Waals surface area contributed by atoms with Crippen molar-refractivity contribution in [3.8, 4) is 5.75 Å². The first kappa shape index (κ1) is 15.5. The Bertz CT molecular complexity index is 773. The third-order valence-corrected chi connectivity index (χ3v) is 5.02. The molecule has 1 fully saturated rings. The van der Waals surface area contributed by atoms with Crippen LogP contribution in [0.1, 0.15) is 35.9 Å². The van der Waals surface area contributed by atoms with Gasteiger partial charge in [-0.05, 0) is 49.9 Å². The molecule has 1 aromatic carbocycles. The minimum atomic E-state index is -0.180. The van der Waals surface area contributed by atoms with Gasteiger partial charge in [0.05, 0.1) is 17.7 Å². The fraction of sp³-hybridized carbons (Fsp3) is 0.444. The molecule has 4 rings (SSSR count). The van der Waals surface area contributed by atoms with Crippen LogP contribution in [-0.2, 0) is 11.2 Å². The Hall–Kier alpha value is -2.01. The first-order chi connectivity index (χ1) is 11.6. The molecule has 1 saturated heterocycles. The Morgan fingerprint density at radius 3 is 3.04 bits per heavy atom. The van der Waals surface area contributed by atoms with E-state index in [4.69, 9.17) is 20.9 Å². The molecule has 0 bridgehead atoms. The van der Waals surface area contributed by atoms with Gasteiger partial charge in [0, 0.05) is 17.6 Å². The zero-order valence-corrected chi connectivity index (χ0v) is 14.3. The van der Waals surface area contributed by atoms with Gasteiger partial charge in [-0.25, -0.2) is 0 Å². The summed E-state index contributed by atoms with van der Waals surface area (Å²) in [6.45, 7) is 3.05. The van der Waals surface area contributed by atoms with Gasteiger partial charge in [0.2, 0.25) is 5.91 Å². The number of nitrogens with zero attached hydrogens (tertiary/aromatic N) is 2. The summed E-state index contributed by atoms with van der Waals surface area (Å²) in [6, 6.07) is 7.47. The number of likely N-dealkylation sites (tertiary alicyclic amines) is 1. The Labute approximate surface area is 145 Å². The van der Waals surface area contributed by atoms with Crippen molar-refractivity contribution in [2.75, 3.05) is 13.2 Å². The molecule has 2 aliphatic heterocycles. The standard InChI is InChI=1S/C18H19ClN2O3/c1-11-7-17(24-20-11)15-3-2-6-21(15)18(22)13-8-12-9-14(19)4-5-16(12)23-10-13/h4-5,7,9,13,15H,2-3,6,8,10H2,1H3/t13-,15+/m0/s1. The normalized spacial score (nSPS) is 23.0. The van der Waals surface area contributed by atoms with Crippen molar-refractivity contribution in [1.29, 1.82) is 0 Å². The summed E-state index contributed by atoms with van der Waals surface area (Å²) in [7, 11) is 0. The van der Waals surface area contributed by atoms with E-state index in [-0.39, 0.29) is 17.9 Å². The zero-order valence-electron chi connectivity index (χ0n) is 13.5. The molecular weight excluding hydrogens is 328 g/mol. The third kappa shape index (κ3) is 2.77. The highest BCUT2D eigenvalue weighted by Gasteiger charge is 2.37. The fourth-order valence-electron chi connectivity index (χ4n) is 3.62. The van der Waals surface area contributed by atoms with Gasteiger partial charge in [0.1, 0.15) is 12.4 Å². The number of benzene rings is 1. The summed E-state index contributed by atoms with van der Waals surface area (Å²) >= 11 is 6.07. The molecule has 3 heterocycles. The lowest BCUT2D eigenvalue weighted by atomic mass is 9.95. The molecule has 0 N–H and O–H groups in total. The number of hydrogen-bond donors (Lipinski definition) is 0. The number of amides is 1. The average Bonchev–Trinajstić information content (AvgIpc) is 3.22. The Balaban J connectivity index is 1.53. The summed E-state index contributed by atoms with van der Waals surface area (Å²) in [4.78, 5) is 15.0. The molecule has 0 unspecified atom stereocenters. The van der Waals surface area contributed by atoms with Crippen LogP contribution in [0.15, 0.2) is 28.8 Å². The number of rotatable bonds is 2. The highest BCUT2D eigenvalue weighted by Crippen LogP contribution is 2.36. The highest BCUT2D eigenvalue weighted by molar-refractivity contribution is 6.30. The van der Waals surface area contributed by atoms with E-state index in [1.165, 1.54) is 0 Å². The molecule has 2 aliphatic rings. The second-order valence-corrected chi connectivity index (χ2v) is 6.96. The molecule has 0 spiro atoms. The van der Waals surface area contributed by atoms with Crippen molar-refractivity contribution in [2.45, 2.75) is 32.2 Å². The molecule has 24 heavy (non-hydrogen) atoms. The van der Waals surface area contributed by atoms with Crippen molar-refractivity contribution < 1.29 is 14.1 Å². The maximum absolute atomic E-state index is 13.0. The second kappa shape index (κ2) is 6.13. The van der Waals surface area contributed by atoms with E-state index in [9.17, 15) is 4.79 Å². The summed E-state index contributed by atoms with van der Waals surface area (Å²) in [5.74, 6) is 1.54. The molecule has 5 nitrogen and oxygen atoms in total. The van der Waals surface area contributed by atoms with Gasteiger partial charge < -0.3 is 14.2 Å². The number of hydrogen-bond acceptors (Lipinski definition) is 4. The van der Waals surface area contributed by atoms with Crippen molar-refractivity contribution in [3.05, 3.63) is 46.3 Å². The number of carbonyl (C=O) groups is 1. The van der Waals surface area contributed by atoms with Gasteiger partial charge in [-0.2, -0.15) is 0 Å². The first-order valence-electron chi connectivity index (χ1n) is 8.27. The number of aromatic nitrogens is 1. The van der Waals surface area contributed by atoms with Crippen LogP contribution < -0.4 is 4.74 Å². The largest absolute Gasteiger partial charge is 0.492 e. The fourth-order valence-corrected chi connectivity index (χ4v) is 3.82.